The van der Waals surface area contributed by atoms with Gasteiger partial charge in [-0.15, -0.1) is 0 Å². The second-order valence-corrected chi connectivity index (χ2v) is 11.5. The minimum atomic E-state index is -0.924. The number of aromatic nitrogens is 1. The molecule has 1 fully saturated rings. The Kier molecular flexibility index (Phi) is 13.8. The van der Waals surface area contributed by atoms with Gasteiger partial charge in [-0.05, 0) is 55.0 Å². The minimum Gasteiger partial charge on any atom is -0.457 e. The standard InChI is InChI=1S/C33H45N5O7/c1-4-6-7-11-28(39)37-27(31(41)38-29(21(3)5-2)32(42)36-24-18-23(19-24)30(34)40)17-22-12-14-25(15-13-22)44-20-45-33(43)26-10-8-9-16-35-26/h8-10,12-16,21,23-24,27,29H,4-7,11,17-20H2,1-3H3,(H2,34,40)(H,36,42)(H,37,39)(H,38,41). The third-order valence-electron chi connectivity index (χ3n) is 7.99. The van der Waals surface area contributed by atoms with Gasteiger partial charge < -0.3 is 31.2 Å². The van der Waals surface area contributed by atoms with Gasteiger partial charge in [-0.25, -0.2) is 9.78 Å². The zero-order chi connectivity index (χ0) is 32.8. The molecular weight excluding hydrogens is 578 g/mol. The fourth-order valence-corrected chi connectivity index (χ4v) is 4.89. The van der Waals surface area contributed by atoms with E-state index >= 15 is 0 Å². The van der Waals surface area contributed by atoms with E-state index in [-0.39, 0.29) is 54.5 Å². The smallest absolute Gasteiger partial charge is 0.359 e. The second-order valence-electron chi connectivity index (χ2n) is 11.5. The maximum atomic E-state index is 13.6. The van der Waals surface area contributed by atoms with Crippen molar-refractivity contribution in [1.29, 1.82) is 0 Å². The van der Waals surface area contributed by atoms with Crippen molar-refractivity contribution >= 4 is 29.6 Å². The van der Waals surface area contributed by atoms with Gasteiger partial charge in [0.2, 0.25) is 30.4 Å². The molecule has 1 aliphatic carbocycles. The molecule has 5 N–H and O–H groups in total. The number of amides is 4. The average molecular weight is 624 g/mol. The molecule has 3 rings (SSSR count). The summed E-state index contributed by atoms with van der Waals surface area (Å²) < 4.78 is 10.6. The number of hydrogen-bond acceptors (Lipinski definition) is 8. The van der Waals surface area contributed by atoms with Crippen LogP contribution in [0, 0.1) is 11.8 Å². The number of nitrogens with zero attached hydrogens (tertiary/aromatic N) is 1. The Bertz CT molecular complexity index is 1280. The predicted octanol–water partition coefficient (Wildman–Crippen LogP) is 2.79. The highest BCUT2D eigenvalue weighted by molar-refractivity contribution is 5.92. The first-order valence-corrected chi connectivity index (χ1v) is 15.6. The molecule has 1 aromatic heterocycles. The topological polar surface area (TPSA) is 179 Å². The summed E-state index contributed by atoms with van der Waals surface area (Å²) in [6.45, 7) is 5.54. The van der Waals surface area contributed by atoms with Crippen molar-refractivity contribution in [3.05, 3.63) is 59.9 Å². The monoisotopic (exact) mass is 623 g/mol. The number of nitrogens with two attached hydrogens (primary N) is 1. The van der Waals surface area contributed by atoms with Crippen molar-refractivity contribution in [2.45, 2.75) is 90.3 Å². The Labute approximate surface area is 264 Å². The van der Waals surface area contributed by atoms with Crippen molar-refractivity contribution in [3.8, 4) is 5.75 Å². The largest absolute Gasteiger partial charge is 0.457 e. The van der Waals surface area contributed by atoms with Crippen LogP contribution in [0.2, 0.25) is 0 Å². The molecule has 1 aromatic carbocycles. The van der Waals surface area contributed by atoms with Gasteiger partial charge in [0.05, 0.1) is 0 Å². The zero-order valence-electron chi connectivity index (χ0n) is 26.3. The van der Waals surface area contributed by atoms with Gasteiger partial charge in [0.15, 0.2) is 0 Å². The van der Waals surface area contributed by atoms with Crippen LogP contribution in [0.25, 0.3) is 0 Å². The fourth-order valence-electron chi connectivity index (χ4n) is 4.89. The summed E-state index contributed by atoms with van der Waals surface area (Å²) in [6, 6.07) is 9.86. The summed E-state index contributed by atoms with van der Waals surface area (Å²) in [5, 5.41) is 8.66. The summed E-state index contributed by atoms with van der Waals surface area (Å²) in [5.74, 6) is -2.01. The van der Waals surface area contributed by atoms with E-state index in [2.05, 4.69) is 20.9 Å². The van der Waals surface area contributed by atoms with Crippen molar-refractivity contribution in [3.63, 3.8) is 0 Å². The molecule has 45 heavy (non-hydrogen) atoms. The quantitative estimate of drug-likeness (QED) is 0.111. The lowest BCUT2D eigenvalue weighted by molar-refractivity contribution is -0.134. The van der Waals surface area contributed by atoms with E-state index in [0.29, 0.717) is 37.9 Å². The average Bonchev–Trinajstić information content (AvgIpc) is 3.01. The molecule has 3 atom stereocenters. The Hall–Kier alpha value is -4.48. The highest BCUT2D eigenvalue weighted by Gasteiger charge is 2.37. The number of nitrogens with one attached hydrogen (secondary N) is 3. The molecule has 1 saturated carbocycles. The molecule has 0 radical (unpaired) electrons. The van der Waals surface area contributed by atoms with Crippen LogP contribution in [0.3, 0.4) is 0 Å². The molecule has 0 bridgehead atoms. The molecule has 1 heterocycles. The molecule has 244 valence electrons. The summed E-state index contributed by atoms with van der Waals surface area (Å²) in [5.41, 5.74) is 6.27. The Morgan fingerprint density at radius 1 is 0.978 bits per heavy atom. The predicted molar refractivity (Wildman–Crippen MR) is 167 cm³/mol. The Balaban J connectivity index is 1.63. The van der Waals surface area contributed by atoms with Crippen LogP contribution in [-0.4, -0.2) is 59.5 Å². The van der Waals surface area contributed by atoms with E-state index in [9.17, 15) is 24.0 Å². The van der Waals surface area contributed by atoms with E-state index in [1.165, 1.54) is 6.20 Å². The lowest BCUT2D eigenvalue weighted by Gasteiger charge is -2.35. The highest BCUT2D eigenvalue weighted by Crippen LogP contribution is 2.27. The number of benzene rings is 1. The SMILES string of the molecule is CCCCCC(=O)NC(Cc1ccc(OCOC(=O)c2ccccn2)cc1)C(=O)NC(C(=O)NC1CC(C(N)=O)C1)C(C)CC. The van der Waals surface area contributed by atoms with Gasteiger partial charge in [0, 0.05) is 31.0 Å². The Morgan fingerprint density at radius 2 is 1.71 bits per heavy atom. The van der Waals surface area contributed by atoms with Gasteiger partial charge in [-0.2, -0.15) is 0 Å². The summed E-state index contributed by atoms with van der Waals surface area (Å²) >= 11 is 0. The second kappa shape index (κ2) is 17.7. The molecule has 2 aromatic rings. The van der Waals surface area contributed by atoms with Crippen molar-refractivity contribution < 1.29 is 33.4 Å². The van der Waals surface area contributed by atoms with Crippen LogP contribution in [-0.2, 0) is 30.3 Å². The first-order chi connectivity index (χ1) is 21.6. The third-order valence-corrected chi connectivity index (χ3v) is 7.99. The van der Waals surface area contributed by atoms with Crippen LogP contribution < -0.4 is 26.4 Å². The first kappa shape index (κ1) is 35.0. The molecule has 4 amide bonds. The van der Waals surface area contributed by atoms with Crippen molar-refractivity contribution in [2.24, 2.45) is 17.6 Å². The summed E-state index contributed by atoms with van der Waals surface area (Å²) in [4.78, 5) is 66.9. The molecule has 0 saturated heterocycles. The maximum Gasteiger partial charge on any atom is 0.359 e. The van der Waals surface area contributed by atoms with Gasteiger partial charge in [0.1, 0.15) is 23.5 Å². The normalized spacial score (nSPS) is 17.5. The molecular formula is C33H45N5O7. The third kappa shape index (κ3) is 11.2. The Morgan fingerprint density at radius 3 is 2.33 bits per heavy atom. The zero-order valence-corrected chi connectivity index (χ0v) is 26.3. The van der Waals surface area contributed by atoms with Crippen LogP contribution in [0.15, 0.2) is 48.7 Å². The summed E-state index contributed by atoms with van der Waals surface area (Å²) in [6.07, 6.45) is 6.12. The van der Waals surface area contributed by atoms with Crippen molar-refractivity contribution in [1.82, 2.24) is 20.9 Å². The number of hydrogen-bond donors (Lipinski definition) is 4. The lowest BCUT2D eigenvalue weighted by Crippen LogP contribution is -2.59. The van der Waals surface area contributed by atoms with Gasteiger partial charge in [0.25, 0.3) is 0 Å². The number of carbonyl (C=O) groups is 5. The van der Waals surface area contributed by atoms with Crippen LogP contribution in [0.4, 0.5) is 0 Å². The minimum absolute atomic E-state index is 0.172. The number of rotatable bonds is 18. The first-order valence-electron chi connectivity index (χ1n) is 15.6. The molecule has 3 unspecified atom stereocenters. The fraction of sp³-hybridized carbons (Fsp3) is 0.515. The van der Waals surface area contributed by atoms with E-state index < -0.39 is 24.0 Å². The van der Waals surface area contributed by atoms with Crippen LogP contribution in [0.5, 0.6) is 5.75 Å². The number of ether oxygens (including phenoxy) is 2. The summed E-state index contributed by atoms with van der Waals surface area (Å²) in [7, 11) is 0. The van der Waals surface area contributed by atoms with E-state index in [1.807, 2.05) is 20.8 Å². The van der Waals surface area contributed by atoms with Crippen LogP contribution >= 0.6 is 0 Å². The molecule has 1 aliphatic rings. The number of unbranched alkanes of at least 4 members (excludes halogenated alkanes) is 2. The molecule has 12 heteroatoms. The molecule has 0 aliphatic heterocycles. The highest BCUT2D eigenvalue weighted by atomic mass is 16.7. The van der Waals surface area contributed by atoms with Gasteiger partial charge >= 0.3 is 5.97 Å². The lowest BCUT2D eigenvalue weighted by atomic mass is 9.79. The number of carbonyl (C=O) groups excluding carboxylic acids is 5. The van der Waals surface area contributed by atoms with E-state index in [4.69, 9.17) is 15.2 Å². The number of primary amides is 1. The maximum absolute atomic E-state index is 13.6. The van der Waals surface area contributed by atoms with Gasteiger partial charge in [-0.3, -0.25) is 19.2 Å². The van der Waals surface area contributed by atoms with Gasteiger partial charge in [-0.1, -0.05) is 58.2 Å². The number of esters is 1. The van der Waals surface area contributed by atoms with Crippen LogP contribution in [0.1, 0.15) is 81.8 Å². The van der Waals surface area contributed by atoms with E-state index in [0.717, 1.165) is 18.4 Å². The molecule has 12 nitrogen and oxygen atoms in total. The molecule has 0 spiro atoms. The van der Waals surface area contributed by atoms with E-state index in [1.54, 1.807) is 42.5 Å². The van der Waals surface area contributed by atoms with Crippen molar-refractivity contribution in [2.75, 3.05) is 6.79 Å². The number of pyridine rings is 1.